The molecule has 38 heavy (non-hydrogen) atoms. The molecule has 6 nitrogen and oxygen atoms in total. The zero-order valence-electron chi connectivity index (χ0n) is 22.9. The average Bonchev–Trinajstić information content (AvgIpc) is 3.40. The van der Waals surface area contributed by atoms with Crippen molar-refractivity contribution in [2.24, 2.45) is 5.92 Å². The monoisotopic (exact) mass is 528 g/mol. The first-order valence-electron chi connectivity index (χ1n) is 14.1. The zero-order valence-corrected chi connectivity index (χ0v) is 22.9. The smallest absolute Gasteiger partial charge is 0.251 e. The van der Waals surface area contributed by atoms with E-state index in [0.29, 0.717) is 30.0 Å². The van der Waals surface area contributed by atoms with E-state index in [4.69, 9.17) is 9.84 Å². The standard InChI is InChI=1S/C31H45FN2O4/c1-22(26-13-15-29(32)30(21-26)38-2)34-28-14-12-27(20-28)24-8-10-25(11-9-24)31(37)33-17-4-3-6-23(16-19-36)7-5-18-35/h8-11,13,15,21-23,27-28,34-36H,3-7,12,14,16-20H2,1-2H3,(H,33,37)/t22-,23?,27?,28?/m1/s1. The van der Waals surface area contributed by atoms with E-state index in [0.717, 1.165) is 63.4 Å². The van der Waals surface area contributed by atoms with E-state index in [9.17, 15) is 14.3 Å². The van der Waals surface area contributed by atoms with Crippen LogP contribution in [0, 0.1) is 11.7 Å². The van der Waals surface area contributed by atoms with Gasteiger partial charge in [0.2, 0.25) is 0 Å². The molecule has 0 heterocycles. The van der Waals surface area contributed by atoms with Crippen molar-refractivity contribution in [3.05, 3.63) is 65.0 Å². The Morgan fingerprint density at radius 1 is 1.03 bits per heavy atom. The van der Waals surface area contributed by atoms with Gasteiger partial charge in [0.05, 0.1) is 7.11 Å². The molecular weight excluding hydrogens is 483 g/mol. The molecule has 210 valence electrons. The van der Waals surface area contributed by atoms with Gasteiger partial charge in [0.25, 0.3) is 5.91 Å². The topological polar surface area (TPSA) is 90.8 Å². The van der Waals surface area contributed by atoms with Crippen molar-refractivity contribution >= 4 is 5.91 Å². The fourth-order valence-corrected chi connectivity index (χ4v) is 5.60. The molecule has 4 atom stereocenters. The Morgan fingerprint density at radius 3 is 2.50 bits per heavy atom. The van der Waals surface area contributed by atoms with E-state index < -0.39 is 0 Å². The molecule has 1 aliphatic carbocycles. The second kappa shape index (κ2) is 15.8. The summed E-state index contributed by atoms with van der Waals surface area (Å²) in [4.78, 5) is 12.6. The van der Waals surface area contributed by atoms with Crippen LogP contribution in [-0.2, 0) is 0 Å². The van der Waals surface area contributed by atoms with Gasteiger partial charge in [0, 0.05) is 37.4 Å². The molecule has 7 heteroatoms. The number of aliphatic hydroxyl groups is 2. The molecule has 1 saturated carbocycles. The molecule has 4 N–H and O–H groups in total. The molecule has 0 saturated heterocycles. The Labute approximate surface area is 227 Å². The fourth-order valence-electron chi connectivity index (χ4n) is 5.60. The van der Waals surface area contributed by atoms with Gasteiger partial charge in [-0.1, -0.05) is 31.0 Å². The van der Waals surface area contributed by atoms with Gasteiger partial charge >= 0.3 is 0 Å². The molecule has 0 aliphatic heterocycles. The van der Waals surface area contributed by atoms with E-state index in [2.05, 4.69) is 29.7 Å². The Balaban J connectivity index is 1.40. The molecule has 0 aromatic heterocycles. The van der Waals surface area contributed by atoms with Gasteiger partial charge in [-0.2, -0.15) is 0 Å². The molecular formula is C31H45FN2O4. The number of halogens is 1. The van der Waals surface area contributed by atoms with Crippen molar-refractivity contribution in [1.82, 2.24) is 10.6 Å². The lowest BCUT2D eigenvalue weighted by atomic mass is 9.94. The average molecular weight is 529 g/mol. The first kappa shape index (κ1) is 30.1. The Morgan fingerprint density at radius 2 is 1.79 bits per heavy atom. The number of benzene rings is 2. The minimum absolute atomic E-state index is 0.0433. The minimum Gasteiger partial charge on any atom is -0.494 e. The van der Waals surface area contributed by atoms with Gasteiger partial charge in [-0.05, 0) is 99.1 Å². The number of rotatable bonds is 16. The summed E-state index contributed by atoms with van der Waals surface area (Å²) >= 11 is 0. The summed E-state index contributed by atoms with van der Waals surface area (Å²) in [6.45, 7) is 3.12. The van der Waals surface area contributed by atoms with E-state index in [1.807, 2.05) is 12.1 Å². The van der Waals surface area contributed by atoms with Crippen molar-refractivity contribution in [1.29, 1.82) is 0 Å². The number of carbonyl (C=O) groups excluding carboxylic acids is 1. The van der Waals surface area contributed by atoms with Gasteiger partial charge in [-0.25, -0.2) is 4.39 Å². The van der Waals surface area contributed by atoms with E-state index >= 15 is 0 Å². The number of amides is 1. The summed E-state index contributed by atoms with van der Waals surface area (Å²) in [7, 11) is 1.48. The fraction of sp³-hybridized carbons (Fsp3) is 0.581. The number of hydrogen-bond acceptors (Lipinski definition) is 5. The van der Waals surface area contributed by atoms with E-state index in [1.54, 1.807) is 12.1 Å². The minimum atomic E-state index is -0.348. The second-order valence-corrected chi connectivity index (χ2v) is 10.6. The van der Waals surface area contributed by atoms with Crippen LogP contribution in [-0.4, -0.2) is 49.0 Å². The quantitative estimate of drug-likeness (QED) is 0.216. The normalized spacial score (nSPS) is 18.8. The summed E-state index contributed by atoms with van der Waals surface area (Å²) < 4.78 is 18.9. The molecule has 3 rings (SSSR count). The highest BCUT2D eigenvalue weighted by molar-refractivity contribution is 5.94. The number of unbranched alkanes of at least 4 members (excludes halogenated alkanes) is 1. The maximum atomic E-state index is 13.7. The van der Waals surface area contributed by atoms with Crippen LogP contribution in [0.15, 0.2) is 42.5 Å². The van der Waals surface area contributed by atoms with Crippen molar-refractivity contribution in [3.63, 3.8) is 0 Å². The second-order valence-electron chi connectivity index (χ2n) is 10.6. The maximum absolute atomic E-state index is 13.7. The highest BCUT2D eigenvalue weighted by atomic mass is 19.1. The number of hydrogen-bond donors (Lipinski definition) is 4. The third kappa shape index (κ3) is 9.07. The molecule has 2 aromatic carbocycles. The van der Waals surface area contributed by atoms with Crippen LogP contribution < -0.4 is 15.4 Å². The molecule has 0 spiro atoms. The maximum Gasteiger partial charge on any atom is 0.251 e. The van der Waals surface area contributed by atoms with Crippen molar-refractivity contribution in [2.75, 3.05) is 26.9 Å². The van der Waals surface area contributed by atoms with Gasteiger partial charge in [-0.3, -0.25) is 4.79 Å². The molecule has 3 unspecified atom stereocenters. The van der Waals surface area contributed by atoms with E-state index in [1.165, 1.54) is 18.7 Å². The van der Waals surface area contributed by atoms with Gasteiger partial charge in [0.15, 0.2) is 11.6 Å². The largest absolute Gasteiger partial charge is 0.494 e. The summed E-state index contributed by atoms with van der Waals surface area (Å²) in [5.41, 5.74) is 2.95. The van der Waals surface area contributed by atoms with Crippen molar-refractivity contribution < 1.29 is 24.1 Å². The molecule has 0 bridgehead atoms. The number of methoxy groups -OCH3 is 1. The summed E-state index contributed by atoms with van der Waals surface area (Å²) in [6, 6.07) is 13.5. The number of aliphatic hydroxyl groups excluding tert-OH is 2. The van der Waals surface area contributed by atoms with Crippen LogP contribution in [0.4, 0.5) is 4.39 Å². The van der Waals surface area contributed by atoms with E-state index in [-0.39, 0.29) is 36.7 Å². The van der Waals surface area contributed by atoms with Gasteiger partial charge in [-0.15, -0.1) is 0 Å². The predicted molar refractivity (Wildman–Crippen MR) is 149 cm³/mol. The highest BCUT2D eigenvalue weighted by Crippen LogP contribution is 2.36. The zero-order chi connectivity index (χ0) is 27.3. The van der Waals surface area contributed by atoms with Gasteiger partial charge < -0.3 is 25.6 Å². The van der Waals surface area contributed by atoms with Gasteiger partial charge in [0.1, 0.15) is 0 Å². The van der Waals surface area contributed by atoms with Crippen molar-refractivity contribution in [2.45, 2.75) is 82.7 Å². The first-order valence-corrected chi connectivity index (χ1v) is 14.1. The first-order chi connectivity index (χ1) is 18.4. The lowest BCUT2D eigenvalue weighted by Crippen LogP contribution is -2.29. The number of nitrogens with one attached hydrogen (secondary N) is 2. The molecule has 1 fully saturated rings. The van der Waals surface area contributed by atoms with Crippen LogP contribution in [0.25, 0.3) is 0 Å². The Bertz CT molecular complexity index is 984. The van der Waals surface area contributed by atoms with Crippen LogP contribution in [0.2, 0.25) is 0 Å². The molecule has 0 radical (unpaired) electrons. The number of carbonyl (C=O) groups is 1. The predicted octanol–water partition coefficient (Wildman–Crippen LogP) is 5.49. The molecule has 2 aromatic rings. The van der Waals surface area contributed by atoms with Crippen LogP contribution >= 0.6 is 0 Å². The third-order valence-electron chi connectivity index (χ3n) is 7.87. The SMILES string of the molecule is COc1cc([C@@H](C)NC2CCC(c3ccc(C(=O)NCCCCC(CCO)CCCO)cc3)C2)ccc1F. The third-order valence-corrected chi connectivity index (χ3v) is 7.87. The Kier molecular flexibility index (Phi) is 12.5. The summed E-state index contributed by atoms with van der Waals surface area (Å²) in [5.74, 6) is 0.774. The lowest BCUT2D eigenvalue weighted by molar-refractivity contribution is 0.0952. The summed E-state index contributed by atoms with van der Waals surface area (Å²) in [6.07, 6.45) is 8.62. The van der Waals surface area contributed by atoms with Crippen LogP contribution in [0.1, 0.15) is 98.2 Å². The van der Waals surface area contributed by atoms with Crippen molar-refractivity contribution in [3.8, 4) is 5.75 Å². The number of ether oxygens (including phenoxy) is 1. The highest BCUT2D eigenvalue weighted by Gasteiger charge is 2.27. The van der Waals surface area contributed by atoms with Crippen LogP contribution in [0.5, 0.6) is 5.75 Å². The summed E-state index contributed by atoms with van der Waals surface area (Å²) in [5, 5.41) is 24.9. The lowest BCUT2D eigenvalue weighted by Gasteiger charge is -2.21. The molecule has 1 amide bonds. The molecule has 1 aliphatic rings. The Hall–Kier alpha value is -2.48. The van der Waals surface area contributed by atoms with Crippen LogP contribution in [0.3, 0.4) is 0 Å².